The van der Waals surface area contributed by atoms with Gasteiger partial charge in [-0.1, -0.05) is 52.3 Å². The van der Waals surface area contributed by atoms with Gasteiger partial charge in [-0.05, 0) is 21.8 Å². The second-order valence-electron chi connectivity index (χ2n) is 3.41. The molecule has 0 atom stereocenters. The standard InChI is InChI=1S/C11H10BBrO2/c13-7-9-3-1-2-8-6-10(12(14)15)4-5-11(8)9/h1-6,14-15H,7H2. The smallest absolute Gasteiger partial charge is 0.423 e. The molecule has 0 saturated carbocycles. The zero-order chi connectivity index (χ0) is 10.8. The minimum absolute atomic E-state index is 0.522. The lowest BCUT2D eigenvalue weighted by Crippen LogP contribution is -2.29. The molecule has 0 radical (unpaired) electrons. The van der Waals surface area contributed by atoms with E-state index in [1.165, 1.54) is 5.56 Å². The van der Waals surface area contributed by atoms with Crippen LogP contribution in [0, 0.1) is 0 Å². The summed E-state index contributed by atoms with van der Waals surface area (Å²) < 4.78 is 0. The molecule has 2 aromatic carbocycles. The Morgan fingerprint density at radius 3 is 2.60 bits per heavy atom. The lowest BCUT2D eigenvalue weighted by Gasteiger charge is -2.05. The van der Waals surface area contributed by atoms with Crippen molar-refractivity contribution in [2.45, 2.75) is 5.33 Å². The number of rotatable bonds is 2. The van der Waals surface area contributed by atoms with Gasteiger partial charge in [0, 0.05) is 5.33 Å². The van der Waals surface area contributed by atoms with E-state index >= 15 is 0 Å². The van der Waals surface area contributed by atoms with E-state index in [-0.39, 0.29) is 0 Å². The largest absolute Gasteiger partial charge is 0.488 e. The summed E-state index contributed by atoms with van der Waals surface area (Å²) in [7, 11) is -1.40. The topological polar surface area (TPSA) is 40.5 Å². The van der Waals surface area contributed by atoms with Crippen molar-refractivity contribution in [2.75, 3.05) is 0 Å². The number of hydrogen-bond donors (Lipinski definition) is 2. The summed E-state index contributed by atoms with van der Waals surface area (Å²) in [6.07, 6.45) is 0. The van der Waals surface area contributed by atoms with Gasteiger partial charge < -0.3 is 10.0 Å². The lowest BCUT2D eigenvalue weighted by atomic mass is 9.79. The van der Waals surface area contributed by atoms with E-state index in [1.807, 2.05) is 24.3 Å². The zero-order valence-corrected chi connectivity index (χ0v) is 9.61. The minimum Gasteiger partial charge on any atom is -0.423 e. The van der Waals surface area contributed by atoms with Crippen molar-refractivity contribution in [1.82, 2.24) is 0 Å². The van der Waals surface area contributed by atoms with E-state index in [9.17, 15) is 0 Å². The van der Waals surface area contributed by atoms with Crippen LogP contribution in [0.5, 0.6) is 0 Å². The van der Waals surface area contributed by atoms with Gasteiger partial charge in [0.05, 0.1) is 0 Å². The SMILES string of the molecule is OB(O)c1ccc2c(CBr)cccc2c1. The average Bonchev–Trinajstić information content (AvgIpc) is 2.27. The van der Waals surface area contributed by atoms with Crippen LogP contribution in [0.2, 0.25) is 0 Å². The first-order valence-corrected chi connectivity index (χ1v) is 5.78. The maximum Gasteiger partial charge on any atom is 0.488 e. The fraction of sp³-hybridized carbons (Fsp3) is 0.0909. The molecule has 0 fully saturated rings. The van der Waals surface area contributed by atoms with E-state index in [0.29, 0.717) is 5.46 Å². The van der Waals surface area contributed by atoms with Crippen molar-refractivity contribution in [3.63, 3.8) is 0 Å². The fourth-order valence-corrected chi connectivity index (χ4v) is 2.14. The molecule has 0 unspecified atom stereocenters. The molecule has 0 saturated heterocycles. The van der Waals surface area contributed by atoms with Crippen molar-refractivity contribution >= 4 is 39.3 Å². The van der Waals surface area contributed by atoms with Crippen molar-refractivity contribution in [3.8, 4) is 0 Å². The van der Waals surface area contributed by atoms with Gasteiger partial charge in [0.15, 0.2) is 0 Å². The second kappa shape index (κ2) is 4.35. The number of hydrogen-bond acceptors (Lipinski definition) is 2. The number of halogens is 1. The Labute approximate surface area is 96.8 Å². The maximum absolute atomic E-state index is 9.06. The third kappa shape index (κ3) is 2.07. The summed E-state index contributed by atoms with van der Waals surface area (Å²) in [5.74, 6) is 0. The molecule has 0 aromatic heterocycles. The van der Waals surface area contributed by atoms with Crippen LogP contribution in [0.1, 0.15) is 5.56 Å². The summed E-state index contributed by atoms with van der Waals surface area (Å²) in [6, 6.07) is 11.4. The third-order valence-corrected chi connectivity index (χ3v) is 3.04. The van der Waals surface area contributed by atoms with Gasteiger partial charge in [-0.15, -0.1) is 0 Å². The molecule has 0 bridgehead atoms. The number of fused-ring (bicyclic) bond motifs is 1. The first-order chi connectivity index (χ1) is 7.22. The molecule has 2 nitrogen and oxygen atoms in total. The Kier molecular flexibility index (Phi) is 3.10. The van der Waals surface area contributed by atoms with Gasteiger partial charge in [0.1, 0.15) is 0 Å². The van der Waals surface area contributed by atoms with E-state index in [2.05, 4.69) is 15.9 Å². The summed E-state index contributed by atoms with van der Waals surface area (Å²) in [6.45, 7) is 0. The molecular formula is C11H10BBrO2. The molecule has 2 N–H and O–H groups in total. The molecule has 76 valence electrons. The molecule has 0 aliphatic carbocycles. The molecule has 0 amide bonds. The Bertz CT molecular complexity index is 485. The molecule has 2 rings (SSSR count). The quantitative estimate of drug-likeness (QED) is 0.636. The van der Waals surface area contributed by atoms with E-state index in [4.69, 9.17) is 10.0 Å². The molecule has 0 heterocycles. The minimum atomic E-state index is -1.40. The monoisotopic (exact) mass is 264 g/mol. The van der Waals surface area contributed by atoms with Gasteiger partial charge in [-0.2, -0.15) is 0 Å². The van der Waals surface area contributed by atoms with Crippen LogP contribution in [0.4, 0.5) is 0 Å². The normalized spacial score (nSPS) is 10.6. The van der Waals surface area contributed by atoms with Crippen molar-refractivity contribution in [2.24, 2.45) is 0 Å². The van der Waals surface area contributed by atoms with Gasteiger partial charge in [-0.3, -0.25) is 0 Å². The molecule has 15 heavy (non-hydrogen) atoms. The Morgan fingerprint density at radius 1 is 1.13 bits per heavy atom. The van der Waals surface area contributed by atoms with E-state index in [0.717, 1.165) is 16.1 Å². The molecule has 2 aromatic rings. The molecule has 0 spiro atoms. The van der Waals surface area contributed by atoms with Crippen LogP contribution < -0.4 is 5.46 Å². The third-order valence-electron chi connectivity index (χ3n) is 2.44. The van der Waals surface area contributed by atoms with Crippen LogP contribution >= 0.6 is 15.9 Å². The maximum atomic E-state index is 9.06. The Balaban J connectivity index is 2.63. The zero-order valence-electron chi connectivity index (χ0n) is 8.02. The van der Waals surface area contributed by atoms with Gasteiger partial charge in [-0.25, -0.2) is 0 Å². The Morgan fingerprint density at radius 2 is 1.93 bits per heavy atom. The molecule has 0 aliphatic heterocycles. The molecular weight excluding hydrogens is 255 g/mol. The summed E-state index contributed by atoms with van der Waals surface area (Å²) in [5.41, 5.74) is 1.72. The highest BCUT2D eigenvalue weighted by atomic mass is 79.9. The van der Waals surface area contributed by atoms with Crippen molar-refractivity contribution in [1.29, 1.82) is 0 Å². The predicted octanol–water partition coefficient (Wildman–Crippen LogP) is 1.41. The van der Waals surface area contributed by atoms with Gasteiger partial charge in [0.25, 0.3) is 0 Å². The summed E-state index contributed by atoms with van der Waals surface area (Å²) >= 11 is 3.43. The average molecular weight is 265 g/mol. The van der Waals surface area contributed by atoms with E-state index in [1.54, 1.807) is 12.1 Å². The van der Waals surface area contributed by atoms with Gasteiger partial charge >= 0.3 is 7.12 Å². The van der Waals surface area contributed by atoms with Crippen LogP contribution in [-0.4, -0.2) is 17.2 Å². The highest BCUT2D eigenvalue weighted by molar-refractivity contribution is 9.08. The second-order valence-corrected chi connectivity index (χ2v) is 3.97. The molecule has 0 aliphatic rings. The van der Waals surface area contributed by atoms with Crippen molar-refractivity contribution in [3.05, 3.63) is 42.0 Å². The number of alkyl halides is 1. The lowest BCUT2D eigenvalue weighted by molar-refractivity contribution is 0.426. The first-order valence-electron chi connectivity index (χ1n) is 4.66. The highest BCUT2D eigenvalue weighted by Gasteiger charge is 2.11. The van der Waals surface area contributed by atoms with Crippen LogP contribution in [0.15, 0.2) is 36.4 Å². The summed E-state index contributed by atoms with van der Waals surface area (Å²) in [4.78, 5) is 0. The van der Waals surface area contributed by atoms with Crippen molar-refractivity contribution < 1.29 is 10.0 Å². The number of benzene rings is 2. The Hall–Kier alpha value is -0.835. The summed E-state index contributed by atoms with van der Waals surface area (Å²) in [5, 5.41) is 21.1. The fourth-order valence-electron chi connectivity index (χ4n) is 1.65. The molecule has 4 heteroatoms. The predicted molar refractivity (Wildman–Crippen MR) is 66.4 cm³/mol. The van der Waals surface area contributed by atoms with Gasteiger partial charge in [0.2, 0.25) is 0 Å². The highest BCUT2D eigenvalue weighted by Crippen LogP contribution is 2.19. The van der Waals surface area contributed by atoms with E-state index < -0.39 is 7.12 Å². The van der Waals surface area contributed by atoms with Crippen LogP contribution in [-0.2, 0) is 5.33 Å². The van der Waals surface area contributed by atoms with Crippen LogP contribution in [0.3, 0.4) is 0 Å². The van der Waals surface area contributed by atoms with Crippen LogP contribution in [0.25, 0.3) is 10.8 Å². The first kappa shape index (κ1) is 10.7.